The van der Waals surface area contributed by atoms with Gasteiger partial charge in [-0.05, 0) is 0 Å². The minimum atomic E-state index is 0.754. The molecule has 2 aromatic rings. The molecule has 0 spiro atoms. The summed E-state index contributed by atoms with van der Waals surface area (Å²) in [4.78, 5) is 0. The van der Waals surface area contributed by atoms with E-state index in [0.717, 1.165) is 26.1 Å². The molecule has 0 amide bonds. The molecule has 0 N–H and O–H groups in total. The summed E-state index contributed by atoms with van der Waals surface area (Å²) in [5.74, 6) is 0. The van der Waals surface area contributed by atoms with Crippen LogP contribution in [0.3, 0.4) is 0 Å². The normalized spacial score (nSPS) is 10.4. The van der Waals surface area contributed by atoms with Crippen LogP contribution in [0.15, 0.2) is 42.5 Å². The van der Waals surface area contributed by atoms with Gasteiger partial charge in [0.15, 0.2) is 0 Å². The van der Waals surface area contributed by atoms with Crippen molar-refractivity contribution in [3.8, 4) is 0 Å². The van der Waals surface area contributed by atoms with Gasteiger partial charge in [0.1, 0.15) is 0 Å². The van der Waals surface area contributed by atoms with Crippen molar-refractivity contribution in [2.24, 2.45) is 0 Å². The zero-order valence-electron chi connectivity index (χ0n) is 6.25. The molecule has 0 radical (unpaired) electrons. The van der Waals surface area contributed by atoms with Crippen LogP contribution in [0.2, 0.25) is 0 Å². The first-order valence-corrected chi connectivity index (χ1v) is 6.42. The number of fused-ring (bicyclic) bond motifs is 1. The fraction of sp³-hybridized carbons (Fsp3) is 0. The Morgan fingerprint density at radius 2 is 1.55 bits per heavy atom. The van der Waals surface area contributed by atoms with E-state index in [-0.39, 0.29) is 0 Å². The molecule has 0 unspecified atom stereocenters. The van der Waals surface area contributed by atoms with Gasteiger partial charge in [-0.2, -0.15) is 0 Å². The Morgan fingerprint density at radius 1 is 0.818 bits per heavy atom. The SMILES string of the molecule is [Hg][c]1ccc2ccccc2c1. The van der Waals surface area contributed by atoms with E-state index in [0.29, 0.717) is 0 Å². The van der Waals surface area contributed by atoms with Crippen LogP contribution in [0.4, 0.5) is 0 Å². The van der Waals surface area contributed by atoms with Crippen LogP contribution in [0, 0.1) is 0 Å². The average molecular weight is 328 g/mol. The minimum absolute atomic E-state index is 0.754. The molecule has 0 aliphatic carbocycles. The third-order valence-corrected chi connectivity index (χ3v) is 3.52. The summed E-state index contributed by atoms with van der Waals surface area (Å²) >= 11 is 0.754. The molecule has 0 nitrogen and oxygen atoms in total. The fourth-order valence-electron chi connectivity index (χ4n) is 1.24. The molecule has 0 atom stereocenters. The van der Waals surface area contributed by atoms with Crippen molar-refractivity contribution in [2.45, 2.75) is 0 Å². The van der Waals surface area contributed by atoms with Crippen LogP contribution in [-0.2, 0) is 26.1 Å². The van der Waals surface area contributed by atoms with Crippen LogP contribution >= 0.6 is 0 Å². The summed E-state index contributed by atoms with van der Waals surface area (Å²) in [6.45, 7) is 0. The number of rotatable bonds is 0. The molecule has 0 heterocycles. The molecule has 0 aliphatic heterocycles. The maximum absolute atomic E-state index is 2.29. The van der Waals surface area contributed by atoms with Crippen LogP contribution in [0.25, 0.3) is 10.8 Å². The van der Waals surface area contributed by atoms with Crippen molar-refractivity contribution >= 4 is 13.8 Å². The molecule has 0 aromatic heterocycles. The van der Waals surface area contributed by atoms with E-state index in [1.165, 1.54) is 13.8 Å². The molecule has 0 aliphatic rings. The molecule has 49 valence electrons. The number of hydrogen-bond acceptors (Lipinski definition) is 0. The zero-order valence-corrected chi connectivity index (χ0v) is 11.7. The molecule has 0 saturated carbocycles. The Balaban J connectivity index is 2.83. The van der Waals surface area contributed by atoms with Gasteiger partial charge in [-0.3, -0.25) is 0 Å². The van der Waals surface area contributed by atoms with Crippen molar-refractivity contribution in [1.29, 1.82) is 0 Å². The standard InChI is InChI=1S/C10H7.Hg/c1-2-6-10-8-4-3-7-9(10)5-1;/h1-3,5-8H;. The van der Waals surface area contributed by atoms with Gasteiger partial charge in [-0.25, -0.2) is 0 Å². The van der Waals surface area contributed by atoms with Crippen LogP contribution in [0.5, 0.6) is 0 Å². The quantitative estimate of drug-likeness (QED) is 0.649. The van der Waals surface area contributed by atoms with Crippen molar-refractivity contribution in [1.82, 2.24) is 0 Å². The summed E-state index contributed by atoms with van der Waals surface area (Å²) in [5, 5.41) is 2.72. The van der Waals surface area contributed by atoms with Crippen LogP contribution < -0.4 is 3.07 Å². The predicted molar refractivity (Wildman–Crippen MR) is 43.6 cm³/mol. The topological polar surface area (TPSA) is 0 Å². The third kappa shape index (κ3) is 1.46. The first kappa shape index (κ1) is 7.29. The van der Waals surface area contributed by atoms with E-state index in [4.69, 9.17) is 0 Å². The van der Waals surface area contributed by atoms with Gasteiger partial charge in [-0.1, -0.05) is 0 Å². The molecule has 2 aromatic carbocycles. The van der Waals surface area contributed by atoms with Gasteiger partial charge in [0.25, 0.3) is 0 Å². The Hall–Kier alpha value is -0.365. The van der Waals surface area contributed by atoms with E-state index in [1.807, 2.05) is 0 Å². The summed E-state index contributed by atoms with van der Waals surface area (Å²) < 4.78 is 1.52. The van der Waals surface area contributed by atoms with Crippen molar-refractivity contribution < 1.29 is 26.1 Å². The summed E-state index contributed by atoms with van der Waals surface area (Å²) in [7, 11) is 0. The summed E-state index contributed by atoms with van der Waals surface area (Å²) in [6.07, 6.45) is 0. The van der Waals surface area contributed by atoms with Gasteiger partial charge in [0, 0.05) is 0 Å². The van der Waals surface area contributed by atoms with Crippen molar-refractivity contribution in [2.75, 3.05) is 0 Å². The van der Waals surface area contributed by atoms with Crippen LogP contribution in [0.1, 0.15) is 0 Å². The van der Waals surface area contributed by atoms with Gasteiger partial charge in [0.2, 0.25) is 0 Å². The fourth-order valence-corrected chi connectivity index (χ4v) is 2.55. The molecule has 11 heavy (non-hydrogen) atoms. The molecule has 2 rings (SSSR count). The second-order valence-corrected chi connectivity index (χ2v) is 5.86. The van der Waals surface area contributed by atoms with E-state index < -0.39 is 0 Å². The monoisotopic (exact) mass is 329 g/mol. The maximum atomic E-state index is 2.29. The number of benzene rings is 2. The Morgan fingerprint density at radius 3 is 2.36 bits per heavy atom. The van der Waals surface area contributed by atoms with Gasteiger partial charge in [-0.15, -0.1) is 0 Å². The molecule has 0 fully saturated rings. The molecular weight excluding hydrogens is 321 g/mol. The zero-order chi connectivity index (χ0) is 7.68. The molecule has 1 heteroatoms. The van der Waals surface area contributed by atoms with E-state index in [9.17, 15) is 0 Å². The molecule has 0 bridgehead atoms. The van der Waals surface area contributed by atoms with Gasteiger partial charge in [0.05, 0.1) is 0 Å². The van der Waals surface area contributed by atoms with Gasteiger partial charge < -0.3 is 0 Å². The first-order chi connectivity index (χ1) is 5.36. The first-order valence-electron chi connectivity index (χ1n) is 3.67. The van der Waals surface area contributed by atoms with Gasteiger partial charge >= 0.3 is 82.4 Å². The second-order valence-electron chi connectivity index (χ2n) is 2.68. The predicted octanol–water partition coefficient (Wildman–Crippen LogP) is 2.01. The Bertz CT molecular complexity index is 379. The Labute approximate surface area is 82.2 Å². The Kier molecular flexibility index (Phi) is 1.95. The molecule has 0 saturated heterocycles. The second kappa shape index (κ2) is 2.94. The van der Waals surface area contributed by atoms with E-state index >= 15 is 0 Å². The number of hydrogen-bond donors (Lipinski definition) is 0. The van der Waals surface area contributed by atoms with Crippen molar-refractivity contribution in [3.63, 3.8) is 0 Å². The van der Waals surface area contributed by atoms with Crippen molar-refractivity contribution in [3.05, 3.63) is 42.5 Å². The summed E-state index contributed by atoms with van der Waals surface area (Å²) in [5.41, 5.74) is 0. The summed E-state index contributed by atoms with van der Waals surface area (Å²) in [6, 6.07) is 15.2. The molecular formula is C10H7Hg. The average Bonchev–Trinajstić information content (AvgIpc) is 2.04. The van der Waals surface area contributed by atoms with E-state index in [1.54, 1.807) is 0 Å². The third-order valence-electron chi connectivity index (χ3n) is 1.81. The van der Waals surface area contributed by atoms with E-state index in [2.05, 4.69) is 42.5 Å². The van der Waals surface area contributed by atoms with Crippen LogP contribution in [-0.4, -0.2) is 0 Å².